The zero-order valence-corrected chi connectivity index (χ0v) is 7.86. The van der Waals surface area contributed by atoms with E-state index in [0.29, 0.717) is 5.56 Å². The Morgan fingerprint density at radius 1 is 1.38 bits per heavy atom. The van der Waals surface area contributed by atoms with E-state index in [4.69, 9.17) is 5.73 Å². The number of carbonyl (C=O) groups is 1. The Hall–Kier alpha value is -1.15. The highest BCUT2D eigenvalue weighted by Crippen LogP contribution is 2.15. The maximum atomic E-state index is 10.4. The number of nitrogens with two attached hydrogens (primary N) is 1. The molecule has 1 rings (SSSR count). The molecule has 0 spiro atoms. The first kappa shape index (κ1) is 9.93. The van der Waals surface area contributed by atoms with Gasteiger partial charge in [0.05, 0.1) is 0 Å². The SMILES string of the molecule is CCCC(N)c1ccc(C=O)cc1. The van der Waals surface area contributed by atoms with E-state index in [0.717, 1.165) is 24.7 Å². The van der Waals surface area contributed by atoms with Crippen LogP contribution in [0.4, 0.5) is 0 Å². The summed E-state index contributed by atoms with van der Waals surface area (Å²) in [4.78, 5) is 10.4. The predicted molar refractivity (Wildman–Crippen MR) is 53.7 cm³/mol. The van der Waals surface area contributed by atoms with Gasteiger partial charge in [0.2, 0.25) is 0 Å². The normalized spacial score (nSPS) is 12.5. The Morgan fingerprint density at radius 3 is 2.46 bits per heavy atom. The first-order valence-corrected chi connectivity index (χ1v) is 4.58. The molecule has 0 bridgehead atoms. The molecule has 1 aromatic carbocycles. The summed E-state index contributed by atoms with van der Waals surface area (Å²) in [6.45, 7) is 2.11. The van der Waals surface area contributed by atoms with Gasteiger partial charge in [-0.1, -0.05) is 37.6 Å². The molecular weight excluding hydrogens is 162 g/mol. The van der Waals surface area contributed by atoms with Gasteiger partial charge in [0.25, 0.3) is 0 Å². The minimum atomic E-state index is 0.103. The zero-order chi connectivity index (χ0) is 9.68. The van der Waals surface area contributed by atoms with Crippen molar-refractivity contribution in [2.45, 2.75) is 25.8 Å². The molecule has 2 N–H and O–H groups in total. The molecule has 13 heavy (non-hydrogen) atoms. The number of aldehydes is 1. The zero-order valence-electron chi connectivity index (χ0n) is 7.86. The third kappa shape index (κ3) is 2.67. The van der Waals surface area contributed by atoms with Crippen LogP contribution in [0.2, 0.25) is 0 Å². The van der Waals surface area contributed by atoms with Gasteiger partial charge in [0, 0.05) is 11.6 Å². The average Bonchev–Trinajstić information content (AvgIpc) is 2.18. The lowest BCUT2D eigenvalue weighted by atomic mass is 10.0. The van der Waals surface area contributed by atoms with Gasteiger partial charge in [-0.15, -0.1) is 0 Å². The van der Waals surface area contributed by atoms with Gasteiger partial charge in [-0.3, -0.25) is 4.79 Å². The monoisotopic (exact) mass is 177 g/mol. The number of benzene rings is 1. The van der Waals surface area contributed by atoms with Crippen LogP contribution >= 0.6 is 0 Å². The molecule has 0 heterocycles. The predicted octanol–water partition coefficient (Wildman–Crippen LogP) is 2.30. The van der Waals surface area contributed by atoms with Gasteiger partial charge in [-0.2, -0.15) is 0 Å². The summed E-state index contributed by atoms with van der Waals surface area (Å²) in [5.74, 6) is 0. The van der Waals surface area contributed by atoms with Crippen molar-refractivity contribution >= 4 is 6.29 Å². The van der Waals surface area contributed by atoms with Crippen molar-refractivity contribution in [3.63, 3.8) is 0 Å². The van der Waals surface area contributed by atoms with Gasteiger partial charge in [-0.25, -0.2) is 0 Å². The van der Waals surface area contributed by atoms with Crippen LogP contribution in [0.15, 0.2) is 24.3 Å². The highest BCUT2D eigenvalue weighted by atomic mass is 16.1. The Labute approximate surface area is 78.8 Å². The van der Waals surface area contributed by atoms with Crippen LogP contribution in [-0.4, -0.2) is 6.29 Å². The van der Waals surface area contributed by atoms with E-state index in [-0.39, 0.29) is 6.04 Å². The van der Waals surface area contributed by atoms with Gasteiger partial charge in [-0.05, 0) is 12.0 Å². The summed E-state index contributed by atoms with van der Waals surface area (Å²) < 4.78 is 0. The lowest BCUT2D eigenvalue weighted by Crippen LogP contribution is -2.09. The smallest absolute Gasteiger partial charge is 0.150 e. The number of hydrogen-bond donors (Lipinski definition) is 1. The lowest BCUT2D eigenvalue weighted by Gasteiger charge is -2.09. The average molecular weight is 177 g/mol. The van der Waals surface area contributed by atoms with E-state index in [1.165, 1.54) is 0 Å². The maximum Gasteiger partial charge on any atom is 0.150 e. The van der Waals surface area contributed by atoms with Gasteiger partial charge < -0.3 is 5.73 Å². The molecule has 0 aromatic heterocycles. The molecule has 0 amide bonds. The molecule has 1 aromatic rings. The van der Waals surface area contributed by atoms with E-state index < -0.39 is 0 Å². The van der Waals surface area contributed by atoms with Gasteiger partial charge >= 0.3 is 0 Å². The van der Waals surface area contributed by atoms with E-state index in [1.54, 1.807) is 12.1 Å². The van der Waals surface area contributed by atoms with Crippen molar-refractivity contribution in [2.24, 2.45) is 5.73 Å². The number of rotatable bonds is 4. The third-order valence-electron chi connectivity index (χ3n) is 2.10. The highest BCUT2D eigenvalue weighted by molar-refractivity contribution is 5.74. The van der Waals surface area contributed by atoms with Crippen LogP contribution in [-0.2, 0) is 0 Å². The Balaban J connectivity index is 2.73. The lowest BCUT2D eigenvalue weighted by molar-refractivity contribution is 0.112. The van der Waals surface area contributed by atoms with Crippen LogP contribution in [0.25, 0.3) is 0 Å². The third-order valence-corrected chi connectivity index (χ3v) is 2.10. The van der Waals surface area contributed by atoms with Gasteiger partial charge in [0.15, 0.2) is 0 Å². The van der Waals surface area contributed by atoms with Crippen molar-refractivity contribution in [2.75, 3.05) is 0 Å². The second kappa shape index (κ2) is 4.77. The van der Waals surface area contributed by atoms with Crippen LogP contribution < -0.4 is 5.73 Å². The fraction of sp³-hybridized carbons (Fsp3) is 0.364. The standard InChI is InChI=1S/C11H15NO/c1-2-3-11(12)10-6-4-9(8-13)5-7-10/h4-8,11H,2-3,12H2,1H3. The largest absolute Gasteiger partial charge is 0.324 e. The first-order valence-electron chi connectivity index (χ1n) is 4.58. The van der Waals surface area contributed by atoms with Crippen molar-refractivity contribution in [3.8, 4) is 0 Å². The maximum absolute atomic E-state index is 10.4. The molecule has 70 valence electrons. The molecule has 0 aliphatic carbocycles. The molecule has 2 nitrogen and oxygen atoms in total. The summed E-state index contributed by atoms with van der Waals surface area (Å²) in [6, 6.07) is 7.55. The molecule has 0 aliphatic rings. The molecule has 2 heteroatoms. The van der Waals surface area contributed by atoms with Gasteiger partial charge in [0.1, 0.15) is 6.29 Å². The molecule has 1 atom stereocenters. The van der Waals surface area contributed by atoms with E-state index in [1.807, 2.05) is 12.1 Å². The molecule has 0 aliphatic heterocycles. The second-order valence-corrected chi connectivity index (χ2v) is 3.18. The molecule has 1 unspecified atom stereocenters. The van der Waals surface area contributed by atoms with Crippen molar-refractivity contribution < 1.29 is 4.79 Å². The topological polar surface area (TPSA) is 43.1 Å². The van der Waals surface area contributed by atoms with Crippen molar-refractivity contribution in [3.05, 3.63) is 35.4 Å². The van der Waals surface area contributed by atoms with Crippen LogP contribution in [0.1, 0.15) is 41.7 Å². The first-order chi connectivity index (χ1) is 6.27. The summed E-state index contributed by atoms with van der Waals surface area (Å²) in [6.07, 6.45) is 2.91. The molecule has 0 saturated carbocycles. The molecular formula is C11H15NO. The van der Waals surface area contributed by atoms with E-state index in [2.05, 4.69) is 6.92 Å². The molecule has 0 saturated heterocycles. The second-order valence-electron chi connectivity index (χ2n) is 3.18. The van der Waals surface area contributed by atoms with Crippen LogP contribution in [0.3, 0.4) is 0 Å². The van der Waals surface area contributed by atoms with E-state index in [9.17, 15) is 4.79 Å². The number of carbonyl (C=O) groups excluding carboxylic acids is 1. The molecule has 0 radical (unpaired) electrons. The highest BCUT2D eigenvalue weighted by Gasteiger charge is 2.03. The Kier molecular flexibility index (Phi) is 3.65. The molecule has 0 fully saturated rings. The van der Waals surface area contributed by atoms with Crippen molar-refractivity contribution in [1.82, 2.24) is 0 Å². The summed E-state index contributed by atoms with van der Waals surface area (Å²) in [5.41, 5.74) is 7.71. The fourth-order valence-electron chi connectivity index (χ4n) is 1.30. The Morgan fingerprint density at radius 2 is 2.00 bits per heavy atom. The fourth-order valence-corrected chi connectivity index (χ4v) is 1.30. The Bertz CT molecular complexity index is 266. The summed E-state index contributed by atoms with van der Waals surface area (Å²) in [5, 5.41) is 0. The number of hydrogen-bond acceptors (Lipinski definition) is 2. The quantitative estimate of drug-likeness (QED) is 0.717. The van der Waals surface area contributed by atoms with E-state index >= 15 is 0 Å². The minimum absolute atomic E-state index is 0.103. The summed E-state index contributed by atoms with van der Waals surface area (Å²) in [7, 11) is 0. The van der Waals surface area contributed by atoms with Crippen molar-refractivity contribution in [1.29, 1.82) is 0 Å². The summed E-state index contributed by atoms with van der Waals surface area (Å²) >= 11 is 0. The minimum Gasteiger partial charge on any atom is -0.324 e. The van der Waals surface area contributed by atoms with Crippen LogP contribution in [0, 0.1) is 0 Å². The van der Waals surface area contributed by atoms with Crippen LogP contribution in [0.5, 0.6) is 0 Å².